The second-order valence-electron chi connectivity index (χ2n) is 6.25. The lowest BCUT2D eigenvalue weighted by molar-refractivity contribution is 0.414. The third-order valence-corrected chi connectivity index (χ3v) is 4.97. The fourth-order valence-electron chi connectivity index (χ4n) is 3.52. The lowest BCUT2D eigenvalue weighted by Crippen LogP contribution is -2.42. The van der Waals surface area contributed by atoms with Crippen molar-refractivity contribution in [2.45, 2.75) is 18.3 Å². The van der Waals surface area contributed by atoms with Gasteiger partial charge in [0.25, 0.3) is 0 Å². The molecule has 1 aromatic carbocycles. The lowest BCUT2D eigenvalue weighted by Gasteiger charge is -2.38. The first-order chi connectivity index (χ1) is 11.7. The largest absolute Gasteiger partial charge is 0.356 e. The normalized spacial score (nSPS) is 16.9. The molecule has 3 aromatic rings. The van der Waals surface area contributed by atoms with Crippen LogP contribution in [0, 0.1) is 11.3 Å². The van der Waals surface area contributed by atoms with Crippen LogP contribution in [0.25, 0.3) is 11.0 Å². The summed E-state index contributed by atoms with van der Waals surface area (Å²) in [4.78, 5) is 11.0. The average molecular weight is 318 g/mol. The third kappa shape index (κ3) is 2.21. The minimum absolute atomic E-state index is 0.404. The second-order valence-corrected chi connectivity index (χ2v) is 6.25. The molecule has 6 nitrogen and oxygen atoms in total. The maximum absolute atomic E-state index is 9.82. The van der Waals surface area contributed by atoms with Gasteiger partial charge in [0.15, 0.2) is 5.65 Å². The molecule has 0 spiro atoms. The van der Waals surface area contributed by atoms with Crippen molar-refractivity contribution in [3.63, 3.8) is 0 Å². The summed E-state index contributed by atoms with van der Waals surface area (Å²) < 4.78 is 1.76. The molecule has 0 atom stereocenters. The zero-order valence-electron chi connectivity index (χ0n) is 13.6. The van der Waals surface area contributed by atoms with Gasteiger partial charge in [-0.05, 0) is 18.4 Å². The molecular formula is C18H18N6. The van der Waals surface area contributed by atoms with Crippen LogP contribution in [0.5, 0.6) is 0 Å². The van der Waals surface area contributed by atoms with E-state index in [9.17, 15) is 5.26 Å². The number of rotatable bonds is 2. The standard InChI is InChI=1S/C18H18N6/c1-23-16-15(11-22-23)17(21-13-20-16)24-9-7-18(12-19,8-10-24)14-5-3-2-4-6-14/h2-6,11,13H,7-10H2,1H3. The Morgan fingerprint density at radius 3 is 2.58 bits per heavy atom. The molecule has 1 aliphatic rings. The molecule has 6 heteroatoms. The molecule has 1 fully saturated rings. The van der Waals surface area contributed by atoms with E-state index >= 15 is 0 Å². The van der Waals surface area contributed by atoms with Gasteiger partial charge < -0.3 is 4.90 Å². The summed E-state index contributed by atoms with van der Waals surface area (Å²) >= 11 is 0. The minimum Gasteiger partial charge on any atom is -0.356 e. The van der Waals surface area contributed by atoms with Crippen molar-refractivity contribution in [3.05, 3.63) is 48.4 Å². The van der Waals surface area contributed by atoms with E-state index in [0.29, 0.717) is 0 Å². The summed E-state index contributed by atoms with van der Waals surface area (Å²) in [6.45, 7) is 1.59. The van der Waals surface area contributed by atoms with Gasteiger partial charge in [0, 0.05) is 20.1 Å². The molecule has 0 N–H and O–H groups in total. The van der Waals surface area contributed by atoms with Gasteiger partial charge in [-0.3, -0.25) is 4.68 Å². The number of nitriles is 1. The van der Waals surface area contributed by atoms with Gasteiger partial charge in [0.1, 0.15) is 12.1 Å². The Hall–Kier alpha value is -2.94. The molecule has 0 saturated carbocycles. The maximum atomic E-state index is 9.82. The summed E-state index contributed by atoms with van der Waals surface area (Å²) in [7, 11) is 1.88. The SMILES string of the molecule is Cn1ncc2c(N3CCC(C#N)(c4ccccc4)CC3)ncnc21. The van der Waals surface area contributed by atoms with E-state index in [4.69, 9.17) is 0 Å². The van der Waals surface area contributed by atoms with Crippen LogP contribution in [0.4, 0.5) is 5.82 Å². The summed E-state index contributed by atoms with van der Waals surface area (Å²) in [5.74, 6) is 0.910. The lowest BCUT2D eigenvalue weighted by atomic mass is 9.74. The number of piperidine rings is 1. The number of hydrogen-bond acceptors (Lipinski definition) is 5. The molecule has 24 heavy (non-hydrogen) atoms. The van der Waals surface area contributed by atoms with Crippen LogP contribution in [-0.4, -0.2) is 32.8 Å². The molecule has 0 amide bonds. The quantitative estimate of drug-likeness (QED) is 0.726. The third-order valence-electron chi connectivity index (χ3n) is 4.97. The van der Waals surface area contributed by atoms with Crippen LogP contribution in [-0.2, 0) is 12.5 Å². The number of nitrogens with zero attached hydrogens (tertiary/aromatic N) is 6. The van der Waals surface area contributed by atoms with E-state index in [1.807, 2.05) is 31.4 Å². The highest BCUT2D eigenvalue weighted by molar-refractivity contribution is 5.86. The first-order valence-electron chi connectivity index (χ1n) is 8.08. The van der Waals surface area contributed by atoms with E-state index in [0.717, 1.165) is 48.3 Å². The van der Waals surface area contributed by atoms with E-state index in [-0.39, 0.29) is 0 Å². The fraction of sp³-hybridized carbons (Fsp3) is 0.333. The molecule has 0 aliphatic carbocycles. The molecule has 1 saturated heterocycles. The van der Waals surface area contributed by atoms with Crippen LogP contribution in [0.15, 0.2) is 42.9 Å². The molecule has 0 bridgehead atoms. The van der Waals surface area contributed by atoms with Gasteiger partial charge in [-0.1, -0.05) is 30.3 Å². The van der Waals surface area contributed by atoms with Crippen molar-refractivity contribution >= 4 is 16.9 Å². The van der Waals surface area contributed by atoms with Gasteiger partial charge in [-0.25, -0.2) is 9.97 Å². The Kier molecular flexibility index (Phi) is 3.42. The number of hydrogen-bond donors (Lipinski definition) is 0. The van der Waals surface area contributed by atoms with Gasteiger partial charge >= 0.3 is 0 Å². The molecule has 0 unspecified atom stereocenters. The Morgan fingerprint density at radius 1 is 1.12 bits per heavy atom. The minimum atomic E-state index is -0.404. The van der Waals surface area contributed by atoms with Crippen molar-refractivity contribution in [3.8, 4) is 6.07 Å². The van der Waals surface area contributed by atoms with Crippen LogP contribution >= 0.6 is 0 Å². The van der Waals surface area contributed by atoms with Crippen LogP contribution in [0.3, 0.4) is 0 Å². The van der Waals surface area contributed by atoms with E-state index < -0.39 is 5.41 Å². The highest BCUT2D eigenvalue weighted by Crippen LogP contribution is 2.37. The Labute approximate surface area is 140 Å². The zero-order chi connectivity index (χ0) is 16.6. The van der Waals surface area contributed by atoms with Crippen LogP contribution in [0.1, 0.15) is 18.4 Å². The Balaban J connectivity index is 1.63. The molecule has 3 heterocycles. The molecule has 0 radical (unpaired) electrons. The van der Waals surface area contributed by atoms with Crippen molar-refractivity contribution < 1.29 is 0 Å². The Morgan fingerprint density at radius 2 is 1.88 bits per heavy atom. The smallest absolute Gasteiger partial charge is 0.163 e. The average Bonchev–Trinajstić information content (AvgIpc) is 3.04. The van der Waals surface area contributed by atoms with Crippen LogP contribution in [0.2, 0.25) is 0 Å². The fourth-order valence-corrected chi connectivity index (χ4v) is 3.52. The van der Waals surface area contributed by atoms with Crippen molar-refractivity contribution in [1.82, 2.24) is 19.7 Å². The number of aryl methyl sites for hydroxylation is 1. The number of fused-ring (bicyclic) bond motifs is 1. The summed E-state index contributed by atoms with van der Waals surface area (Å²) in [5.41, 5.74) is 1.54. The predicted octanol–water partition coefficient (Wildman–Crippen LogP) is 2.43. The molecule has 1 aliphatic heterocycles. The second kappa shape index (κ2) is 5.60. The Bertz CT molecular complexity index is 900. The van der Waals surface area contributed by atoms with E-state index in [2.05, 4.69) is 38.2 Å². The zero-order valence-corrected chi connectivity index (χ0v) is 13.6. The van der Waals surface area contributed by atoms with Crippen molar-refractivity contribution in [2.24, 2.45) is 7.05 Å². The van der Waals surface area contributed by atoms with Crippen molar-refractivity contribution in [1.29, 1.82) is 5.26 Å². The highest BCUT2D eigenvalue weighted by atomic mass is 15.3. The summed E-state index contributed by atoms with van der Waals surface area (Å²) in [5, 5.41) is 15.1. The van der Waals surface area contributed by atoms with Gasteiger partial charge in [-0.2, -0.15) is 10.4 Å². The van der Waals surface area contributed by atoms with Gasteiger partial charge in [-0.15, -0.1) is 0 Å². The van der Waals surface area contributed by atoms with Crippen molar-refractivity contribution in [2.75, 3.05) is 18.0 Å². The first-order valence-corrected chi connectivity index (χ1v) is 8.08. The molecule has 4 rings (SSSR count). The predicted molar refractivity (Wildman–Crippen MR) is 91.5 cm³/mol. The number of benzene rings is 1. The van der Waals surface area contributed by atoms with Crippen LogP contribution < -0.4 is 4.90 Å². The monoisotopic (exact) mass is 318 g/mol. The summed E-state index contributed by atoms with van der Waals surface area (Å²) in [6, 6.07) is 12.7. The first kappa shape index (κ1) is 14.6. The number of aromatic nitrogens is 4. The molecule has 2 aromatic heterocycles. The topological polar surface area (TPSA) is 70.6 Å². The van der Waals surface area contributed by atoms with E-state index in [1.165, 1.54) is 0 Å². The van der Waals surface area contributed by atoms with Gasteiger partial charge in [0.2, 0.25) is 0 Å². The molecule has 120 valence electrons. The van der Waals surface area contributed by atoms with E-state index in [1.54, 1.807) is 11.0 Å². The highest BCUT2D eigenvalue weighted by Gasteiger charge is 2.37. The maximum Gasteiger partial charge on any atom is 0.163 e. The number of anilines is 1. The van der Waals surface area contributed by atoms with Gasteiger partial charge in [0.05, 0.1) is 23.1 Å². The molecular weight excluding hydrogens is 300 g/mol. The summed E-state index contributed by atoms with van der Waals surface area (Å²) in [6.07, 6.45) is 4.98.